The van der Waals surface area contributed by atoms with Crippen LogP contribution in [-0.2, 0) is 24.0 Å². The predicted octanol–water partition coefficient (Wildman–Crippen LogP) is 1.93. The molecule has 2 saturated heterocycles. The molecule has 0 aromatic heterocycles. The highest BCUT2D eigenvalue weighted by Gasteiger charge is 2.38. The molecule has 3 aliphatic rings. The van der Waals surface area contributed by atoms with E-state index in [4.69, 9.17) is 4.84 Å². The van der Waals surface area contributed by atoms with Crippen molar-refractivity contribution in [3.63, 3.8) is 0 Å². The molecule has 142 valence electrons. The second-order valence-corrected chi connectivity index (χ2v) is 7.69. The Balaban J connectivity index is 1.52. The lowest BCUT2D eigenvalue weighted by Crippen LogP contribution is -2.39. The van der Waals surface area contributed by atoms with Gasteiger partial charge >= 0.3 is 5.97 Å². The number of fused-ring (bicyclic) bond motifs is 2. The molecule has 0 aliphatic carbocycles. The SMILES string of the molecule is O=C(CCCN1C2CC[C@@H]1CCC=C2C(=O)CI)ON1C(=O)CCC1=O. The molecular formula is C18H23IN2O5. The molecule has 2 fully saturated rings. The molecular weight excluding hydrogens is 451 g/mol. The first-order chi connectivity index (χ1) is 12.5. The zero-order valence-electron chi connectivity index (χ0n) is 14.6. The van der Waals surface area contributed by atoms with Gasteiger partial charge in [-0.1, -0.05) is 28.7 Å². The van der Waals surface area contributed by atoms with Gasteiger partial charge in [0.05, 0.1) is 4.43 Å². The van der Waals surface area contributed by atoms with Crippen LogP contribution < -0.4 is 0 Å². The summed E-state index contributed by atoms with van der Waals surface area (Å²) in [4.78, 5) is 54.4. The number of amides is 2. The van der Waals surface area contributed by atoms with Gasteiger partial charge in [0.2, 0.25) is 0 Å². The lowest BCUT2D eigenvalue weighted by atomic mass is 9.97. The van der Waals surface area contributed by atoms with Gasteiger partial charge < -0.3 is 4.84 Å². The molecule has 0 saturated carbocycles. The summed E-state index contributed by atoms with van der Waals surface area (Å²) in [5.41, 5.74) is 0.926. The summed E-state index contributed by atoms with van der Waals surface area (Å²) in [5.74, 6) is -1.27. The van der Waals surface area contributed by atoms with E-state index in [1.165, 1.54) is 0 Å². The van der Waals surface area contributed by atoms with Crippen molar-refractivity contribution in [2.24, 2.45) is 0 Å². The van der Waals surface area contributed by atoms with Gasteiger partial charge in [-0.15, -0.1) is 5.06 Å². The van der Waals surface area contributed by atoms with Gasteiger partial charge in [-0.2, -0.15) is 0 Å². The van der Waals surface area contributed by atoms with Gasteiger partial charge in [-0.05, 0) is 38.6 Å². The molecule has 3 aliphatic heterocycles. The number of rotatable bonds is 7. The van der Waals surface area contributed by atoms with Gasteiger partial charge in [0, 0.05) is 36.9 Å². The van der Waals surface area contributed by atoms with Gasteiger partial charge in [-0.3, -0.25) is 19.3 Å². The maximum atomic E-state index is 12.2. The summed E-state index contributed by atoms with van der Waals surface area (Å²) >= 11 is 2.11. The third kappa shape index (κ3) is 4.16. The first-order valence-electron chi connectivity index (χ1n) is 9.12. The standard InChI is InChI=1S/C18H23IN2O5/c19-11-15(22)13-4-1-3-12-6-7-14(13)20(12)10-2-5-18(25)26-21-16(23)8-9-17(21)24/h4,12,14H,1-3,5-11H2/t12-,14?/m0/s1. The summed E-state index contributed by atoms with van der Waals surface area (Å²) in [6.07, 6.45) is 7.05. The molecule has 26 heavy (non-hydrogen) atoms. The average Bonchev–Trinajstić information content (AvgIpc) is 3.08. The first kappa shape index (κ1) is 19.5. The quantitative estimate of drug-likeness (QED) is 0.319. The Morgan fingerprint density at radius 1 is 1.15 bits per heavy atom. The van der Waals surface area contributed by atoms with Crippen molar-refractivity contribution in [3.05, 3.63) is 11.6 Å². The van der Waals surface area contributed by atoms with Crippen LogP contribution in [0.1, 0.15) is 51.4 Å². The summed E-state index contributed by atoms with van der Waals surface area (Å²) in [5, 5.41) is 0.595. The molecule has 0 aromatic rings. The highest BCUT2D eigenvalue weighted by molar-refractivity contribution is 14.1. The molecule has 8 heteroatoms. The van der Waals surface area contributed by atoms with E-state index in [1.807, 2.05) is 0 Å². The van der Waals surface area contributed by atoms with E-state index in [9.17, 15) is 19.2 Å². The Morgan fingerprint density at radius 3 is 2.58 bits per heavy atom. The lowest BCUT2D eigenvalue weighted by molar-refractivity contribution is -0.197. The van der Waals surface area contributed by atoms with Crippen LogP contribution in [0.5, 0.6) is 0 Å². The Kier molecular flexibility index (Phi) is 6.44. The van der Waals surface area contributed by atoms with E-state index in [2.05, 4.69) is 33.6 Å². The molecule has 0 radical (unpaired) electrons. The van der Waals surface area contributed by atoms with Crippen LogP contribution in [0.15, 0.2) is 11.6 Å². The topological polar surface area (TPSA) is 84.0 Å². The lowest BCUT2D eigenvalue weighted by Gasteiger charge is -2.29. The van der Waals surface area contributed by atoms with E-state index in [1.54, 1.807) is 0 Å². The van der Waals surface area contributed by atoms with Gasteiger partial charge in [-0.25, -0.2) is 4.79 Å². The number of hydrogen-bond acceptors (Lipinski definition) is 6. The fourth-order valence-corrected chi connectivity index (χ4v) is 4.51. The predicted molar refractivity (Wildman–Crippen MR) is 101 cm³/mol. The van der Waals surface area contributed by atoms with Crippen LogP contribution >= 0.6 is 22.6 Å². The monoisotopic (exact) mass is 474 g/mol. The number of ketones is 1. The second kappa shape index (κ2) is 8.60. The minimum atomic E-state index is -0.560. The van der Waals surface area contributed by atoms with Crippen molar-refractivity contribution < 1.29 is 24.0 Å². The molecule has 1 unspecified atom stereocenters. The molecule has 3 rings (SSSR count). The van der Waals surface area contributed by atoms with Crippen molar-refractivity contribution in [1.82, 2.24) is 9.96 Å². The van der Waals surface area contributed by atoms with Crippen LogP contribution in [0.4, 0.5) is 0 Å². The number of nitrogens with zero attached hydrogens (tertiary/aromatic N) is 2. The number of alkyl halides is 1. The highest BCUT2D eigenvalue weighted by atomic mass is 127. The second-order valence-electron chi connectivity index (χ2n) is 6.93. The first-order valence-corrected chi connectivity index (χ1v) is 10.7. The zero-order chi connectivity index (χ0) is 18.7. The van der Waals surface area contributed by atoms with Crippen LogP contribution in [0.3, 0.4) is 0 Å². The Labute approximate surface area is 166 Å². The Morgan fingerprint density at radius 2 is 1.88 bits per heavy atom. The van der Waals surface area contributed by atoms with Crippen LogP contribution in [0.25, 0.3) is 0 Å². The fourth-order valence-electron chi connectivity index (χ4n) is 4.07. The van der Waals surface area contributed by atoms with Crippen molar-refractivity contribution in [2.75, 3.05) is 11.0 Å². The highest BCUT2D eigenvalue weighted by Crippen LogP contribution is 2.35. The number of carbonyl (C=O) groups is 4. The van der Waals surface area contributed by atoms with Crippen LogP contribution in [0.2, 0.25) is 0 Å². The molecule has 2 amide bonds. The molecule has 2 bridgehead atoms. The Hall–Kier alpha value is -1.29. The van der Waals surface area contributed by atoms with Crippen LogP contribution in [-0.4, -0.2) is 56.6 Å². The maximum absolute atomic E-state index is 12.2. The Bertz CT molecular complexity index is 631. The number of carbonyl (C=O) groups excluding carboxylic acids is 4. The van der Waals surface area contributed by atoms with E-state index in [0.717, 1.165) is 31.3 Å². The molecule has 0 spiro atoms. The average molecular weight is 474 g/mol. The number of hydroxylamine groups is 2. The molecule has 2 atom stereocenters. The number of allylic oxidation sites excluding steroid dienone is 1. The summed E-state index contributed by atoms with van der Waals surface area (Å²) in [7, 11) is 0. The van der Waals surface area contributed by atoms with Crippen molar-refractivity contribution >= 4 is 46.2 Å². The smallest absolute Gasteiger partial charge is 0.330 e. The number of halogens is 1. The third-order valence-corrected chi connectivity index (χ3v) is 6.00. The fraction of sp³-hybridized carbons (Fsp3) is 0.667. The van der Waals surface area contributed by atoms with Gasteiger partial charge in [0.1, 0.15) is 0 Å². The van der Waals surface area contributed by atoms with E-state index in [0.29, 0.717) is 28.5 Å². The summed E-state index contributed by atoms with van der Waals surface area (Å²) in [6, 6.07) is 0.607. The van der Waals surface area contributed by atoms with Crippen molar-refractivity contribution in [3.8, 4) is 0 Å². The van der Waals surface area contributed by atoms with E-state index >= 15 is 0 Å². The molecule has 7 nitrogen and oxygen atoms in total. The molecule has 3 heterocycles. The maximum Gasteiger partial charge on any atom is 0.333 e. The molecule has 0 aromatic carbocycles. The van der Waals surface area contributed by atoms with E-state index in [-0.39, 0.29) is 31.1 Å². The largest absolute Gasteiger partial charge is 0.333 e. The molecule has 0 N–H and O–H groups in total. The van der Waals surface area contributed by atoms with Gasteiger partial charge in [0.15, 0.2) is 5.78 Å². The number of imide groups is 1. The number of Topliss-reactive ketones (excluding diaryl/α,β-unsaturated/α-hetero) is 1. The number of hydrogen-bond donors (Lipinski definition) is 0. The minimum absolute atomic E-state index is 0.100. The third-order valence-electron chi connectivity index (χ3n) is 5.31. The van der Waals surface area contributed by atoms with Crippen molar-refractivity contribution in [1.29, 1.82) is 0 Å². The van der Waals surface area contributed by atoms with Crippen molar-refractivity contribution in [2.45, 2.75) is 63.5 Å². The summed E-state index contributed by atoms with van der Waals surface area (Å²) < 4.78 is 0.489. The zero-order valence-corrected chi connectivity index (χ0v) is 16.8. The minimum Gasteiger partial charge on any atom is -0.330 e. The normalized spacial score (nSPS) is 26.0. The summed E-state index contributed by atoms with van der Waals surface area (Å²) in [6.45, 7) is 0.707. The van der Waals surface area contributed by atoms with Gasteiger partial charge in [0.25, 0.3) is 11.8 Å². The van der Waals surface area contributed by atoms with E-state index < -0.39 is 17.8 Å². The van der Waals surface area contributed by atoms with Crippen LogP contribution in [0, 0.1) is 0 Å².